The van der Waals surface area contributed by atoms with Crippen LogP contribution >= 0.6 is 0 Å². The van der Waals surface area contributed by atoms with Crippen LogP contribution in [0.1, 0.15) is 11.3 Å². The van der Waals surface area contributed by atoms with Crippen molar-refractivity contribution in [1.82, 2.24) is 10.2 Å². The first-order valence-electron chi connectivity index (χ1n) is 5.50. The summed E-state index contributed by atoms with van der Waals surface area (Å²) in [6.45, 7) is 1.86. The summed E-state index contributed by atoms with van der Waals surface area (Å²) in [5, 5.41) is 18.5. The number of methoxy groups -OCH3 is 1. The van der Waals surface area contributed by atoms with Gasteiger partial charge in [-0.3, -0.25) is 5.10 Å². The molecule has 0 unspecified atom stereocenters. The van der Waals surface area contributed by atoms with Gasteiger partial charge in [0.1, 0.15) is 11.5 Å². The molecule has 1 aromatic heterocycles. The fourth-order valence-electron chi connectivity index (χ4n) is 1.54. The number of ether oxygens (including phenoxy) is 2. The second-order valence-electron chi connectivity index (χ2n) is 3.84. The monoisotopic (exact) mass is 262 g/mol. The quantitative estimate of drug-likeness (QED) is 0.336. The number of nitrogens with one attached hydrogen (secondary N) is 1. The highest BCUT2D eigenvalue weighted by Crippen LogP contribution is 2.28. The summed E-state index contributed by atoms with van der Waals surface area (Å²) in [5.74, 6) is 1.32. The average Bonchev–Trinajstić information content (AvgIpc) is 2.83. The van der Waals surface area contributed by atoms with E-state index in [0.717, 1.165) is 5.69 Å². The summed E-state index contributed by atoms with van der Waals surface area (Å²) < 4.78 is 10.7. The molecule has 1 heterocycles. The molecule has 7 nitrogen and oxygen atoms in total. The Hall–Kier alpha value is -2.70. The van der Waals surface area contributed by atoms with Crippen LogP contribution in [0.25, 0.3) is 0 Å². The van der Waals surface area contributed by atoms with Gasteiger partial charge in [0.2, 0.25) is 5.88 Å². The van der Waals surface area contributed by atoms with E-state index in [0.29, 0.717) is 22.9 Å². The highest BCUT2D eigenvalue weighted by atomic mass is 16.5. The van der Waals surface area contributed by atoms with Gasteiger partial charge in [-0.15, -0.1) is 5.10 Å². The average molecular weight is 262 g/mol. The number of aromatic amines is 1. The summed E-state index contributed by atoms with van der Waals surface area (Å²) in [5.41, 5.74) is 6.91. The van der Waals surface area contributed by atoms with Crippen LogP contribution in [-0.2, 0) is 0 Å². The predicted octanol–water partition coefficient (Wildman–Crippen LogP) is 1.61. The van der Waals surface area contributed by atoms with Crippen LogP contribution in [0.4, 0.5) is 0 Å². The number of benzene rings is 1. The lowest BCUT2D eigenvalue weighted by atomic mass is 10.2. The highest BCUT2D eigenvalue weighted by Gasteiger charge is 2.12. The van der Waals surface area contributed by atoms with Gasteiger partial charge >= 0.3 is 0 Å². The molecule has 100 valence electrons. The second kappa shape index (κ2) is 5.30. The van der Waals surface area contributed by atoms with Crippen molar-refractivity contribution in [2.24, 2.45) is 10.9 Å². The van der Waals surface area contributed by atoms with Gasteiger partial charge in [0, 0.05) is 17.8 Å². The Balaban J connectivity index is 2.40. The molecular weight excluding hydrogens is 248 g/mol. The van der Waals surface area contributed by atoms with Crippen molar-refractivity contribution in [3.63, 3.8) is 0 Å². The van der Waals surface area contributed by atoms with Crippen molar-refractivity contribution in [2.45, 2.75) is 6.92 Å². The number of hydrogen-bond donors (Lipinski definition) is 3. The van der Waals surface area contributed by atoms with Crippen molar-refractivity contribution in [1.29, 1.82) is 0 Å². The normalized spacial score (nSPS) is 11.4. The van der Waals surface area contributed by atoms with Gasteiger partial charge < -0.3 is 20.4 Å². The molecule has 4 N–H and O–H groups in total. The number of rotatable bonds is 4. The zero-order valence-electron chi connectivity index (χ0n) is 10.5. The maximum atomic E-state index is 8.76. The van der Waals surface area contributed by atoms with Crippen LogP contribution in [0.2, 0.25) is 0 Å². The molecule has 0 bridgehead atoms. The molecule has 0 aliphatic heterocycles. The molecular formula is C12H14N4O3. The summed E-state index contributed by atoms with van der Waals surface area (Å²) in [6.07, 6.45) is 0. The van der Waals surface area contributed by atoms with Crippen LogP contribution in [0, 0.1) is 6.92 Å². The van der Waals surface area contributed by atoms with Gasteiger partial charge in [-0.05, 0) is 19.1 Å². The number of oxime groups is 1. The lowest BCUT2D eigenvalue weighted by Gasteiger charge is -2.09. The Labute approximate surface area is 109 Å². The maximum absolute atomic E-state index is 8.76. The van der Waals surface area contributed by atoms with Crippen molar-refractivity contribution in [3.8, 4) is 17.4 Å². The summed E-state index contributed by atoms with van der Waals surface area (Å²) in [4.78, 5) is 0. The molecule has 0 saturated carbocycles. The van der Waals surface area contributed by atoms with E-state index in [9.17, 15) is 0 Å². The van der Waals surface area contributed by atoms with E-state index >= 15 is 0 Å². The fraction of sp³-hybridized carbons (Fsp3) is 0.167. The Morgan fingerprint density at radius 3 is 2.79 bits per heavy atom. The summed E-state index contributed by atoms with van der Waals surface area (Å²) in [7, 11) is 1.54. The van der Waals surface area contributed by atoms with Crippen LogP contribution in [0.5, 0.6) is 17.4 Å². The summed E-state index contributed by atoms with van der Waals surface area (Å²) in [6, 6.07) is 6.70. The first-order chi connectivity index (χ1) is 9.13. The third kappa shape index (κ3) is 2.76. The number of amidine groups is 1. The molecule has 0 spiro atoms. The number of nitrogens with two attached hydrogens (primary N) is 1. The molecule has 0 fully saturated rings. The minimum Gasteiger partial charge on any atom is -0.497 e. The van der Waals surface area contributed by atoms with Crippen LogP contribution in [0.15, 0.2) is 29.4 Å². The molecule has 2 aromatic rings. The molecule has 2 rings (SSSR count). The lowest BCUT2D eigenvalue weighted by Crippen LogP contribution is -2.14. The Kier molecular flexibility index (Phi) is 3.56. The smallest absolute Gasteiger partial charge is 0.238 e. The van der Waals surface area contributed by atoms with Gasteiger partial charge in [0.05, 0.1) is 12.7 Å². The SMILES string of the molecule is COc1ccc(/C(N)=N/O)c(Oc2cc(C)[nH]n2)c1. The molecule has 1 aromatic carbocycles. The second-order valence-corrected chi connectivity index (χ2v) is 3.84. The zero-order valence-corrected chi connectivity index (χ0v) is 10.5. The van der Waals surface area contributed by atoms with Gasteiger partial charge in [-0.1, -0.05) is 5.16 Å². The molecule has 7 heteroatoms. The first kappa shape index (κ1) is 12.7. The third-order valence-electron chi connectivity index (χ3n) is 2.47. The van der Waals surface area contributed by atoms with E-state index in [1.165, 1.54) is 0 Å². The Bertz CT molecular complexity index is 607. The van der Waals surface area contributed by atoms with Crippen molar-refractivity contribution >= 4 is 5.84 Å². The van der Waals surface area contributed by atoms with Gasteiger partial charge in [-0.25, -0.2) is 0 Å². The highest BCUT2D eigenvalue weighted by molar-refractivity contribution is 5.99. The molecule has 0 amide bonds. The van der Waals surface area contributed by atoms with Gasteiger partial charge in [0.15, 0.2) is 5.84 Å². The van der Waals surface area contributed by atoms with Gasteiger partial charge in [0.25, 0.3) is 0 Å². The molecule has 0 atom stereocenters. The van der Waals surface area contributed by atoms with E-state index < -0.39 is 0 Å². The van der Waals surface area contributed by atoms with E-state index in [4.69, 9.17) is 20.4 Å². The van der Waals surface area contributed by atoms with Crippen LogP contribution in [-0.4, -0.2) is 28.4 Å². The van der Waals surface area contributed by atoms with E-state index in [-0.39, 0.29) is 5.84 Å². The molecule has 19 heavy (non-hydrogen) atoms. The van der Waals surface area contributed by atoms with Crippen molar-refractivity contribution in [2.75, 3.05) is 7.11 Å². The number of H-pyrrole nitrogens is 1. The first-order valence-corrected chi connectivity index (χ1v) is 5.50. The number of hydrogen-bond acceptors (Lipinski definition) is 5. The Morgan fingerprint density at radius 2 is 2.21 bits per heavy atom. The molecule has 0 aliphatic carbocycles. The predicted molar refractivity (Wildman–Crippen MR) is 68.9 cm³/mol. The third-order valence-corrected chi connectivity index (χ3v) is 2.47. The molecule has 0 saturated heterocycles. The lowest BCUT2D eigenvalue weighted by molar-refractivity contribution is 0.318. The fourth-order valence-corrected chi connectivity index (χ4v) is 1.54. The van der Waals surface area contributed by atoms with Crippen LogP contribution < -0.4 is 15.2 Å². The van der Waals surface area contributed by atoms with E-state index in [1.54, 1.807) is 31.4 Å². The standard InChI is InChI=1S/C12H14N4O3/c1-7-5-11(15-14-7)19-10-6-8(18-2)3-4-9(10)12(13)16-17/h3-6,17H,1-2H3,(H2,13,16)(H,14,15). The molecule has 0 radical (unpaired) electrons. The minimum absolute atomic E-state index is 0.0510. The largest absolute Gasteiger partial charge is 0.497 e. The number of nitrogens with zero attached hydrogens (tertiary/aromatic N) is 2. The molecule has 0 aliphatic rings. The van der Waals surface area contributed by atoms with Crippen LogP contribution in [0.3, 0.4) is 0 Å². The van der Waals surface area contributed by atoms with E-state index in [1.807, 2.05) is 6.92 Å². The van der Waals surface area contributed by atoms with Crippen molar-refractivity contribution in [3.05, 3.63) is 35.5 Å². The van der Waals surface area contributed by atoms with E-state index in [2.05, 4.69) is 15.4 Å². The maximum Gasteiger partial charge on any atom is 0.238 e. The zero-order chi connectivity index (χ0) is 13.8. The number of aryl methyl sites for hydroxylation is 1. The Morgan fingerprint density at radius 1 is 1.42 bits per heavy atom. The summed E-state index contributed by atoms with van der Waals surface area (Å²) >= 11 is 0. The minimum atomic E-state index is -0.0510. The number of aromatic nitrogens is 2. The van der Waals surface area contributed by atoms with Crippen molar-refractivity contribution < 1.29 is 14.7 Å². The van der Waals surface area contributed by atoms with Gasteiger partial charge in [-0.2, -0.15) is 0 Å². The topological polar surface area (TPSA) is 106 Å².